The Bertz CT molecular complexity index is 736. The second-order valence-corrected chi connectivity index (χ2v) is 5.56. The van der Waals surface area contributed by atoms with Crippen LogP contribution in [-0.2, 0) is 12.3 Å². The second-order valence-electron chi connectivity index (χ2n) is 4.55. The van der Waals surface area contributed by atoms with E-state index >= 15 is 0 Å². The van der Waals surface area contributed by atoms with Gasteiger partial charge in [0.05, 0.1) is 5.75 Å². The summed E-state index contributed by atoms with van der Waals surface area (Å²) in [6.07, 6.45) is 3.85. The van der Waals surface area contributed by atoms with Crippen molar-refractivity contribution in [2.75, 3.05) is 0 Å². The number of rotatable bonds is 4. The van der Waals surface area contributed by atoms with E-state index in [-0.39, 0.29) is 0 Å². The van der Waals surface area contributed by atoms with Crippen molar-refractivity contribution in [1.29, 1.82) is 0 Å². The smallest absolute Gasteiger partial charge is 0.123 e. The van der Waals surface area contributed by atoms with E-state index in [0.717, 1.165) is 28.9 Å². The van der Waals surface area contributed by atoms with E-state index in [9.17, 15) is 5.11 Å². The summed E-state index contributed by atoms with van der Waals surface area (Å²) in [4.78, 5) is 5.56. The van der Waals surface area contributed by atoms with Crippen molar-refractivity contribution in [2.24, 2.45) is 0 Å². The lowest BCUT2D eigenvalue weighted by Gasteiger charge is -2.08. The van der Waals surface area contributed by atoms with Gasteiger partial charge in [0.15, 0.2) is 0 Å². The molecule has 0 amide bonds. The normalized spacial score (nSPS) is 11.1. The van der Waals surface area contributed by atoms with Crippen molar-refractivity contribution in [2.45, 2.75) is 24.1 Å². The number of aryl methyl sites for hydroxylation is 1. The Morgan fingerprint density at radius 2 is 1.95 bits per heavy atom. The van der Waals surface area contributed by atoms with Crippen LogP contribution in [0.2, 0.25) is 0 Å². The van der Waals surface area contributed by atoms with Crippen molar-refractivity contribution >= 4 is 22.5 Å². The average Bonchev–Trinajstić information content (AvgIpc) is 2.94. The molecule has 0 aliphatic rings. The predicted octanol–water partition coefficient (Wildman–Crippen LogP) is 4.05. The summed E-state index contributed by atoms with van der Waals surface area (Å²) < 4.78 is 2.15. The molecule has 0 aliphatic carbocycles. The number of hydrogen-bond acceptors (Lipinski definition) is 3. The van der Waals surface area contributed by atoms with Gasteiger partial charge >= 0.3 is 0 Å². The minimum atomic E-state index is 0.333. The van der Waals surface area contributed by atoms with Crippen LogP contribution < -0.4 is 0 Å². The van der Waals surface area contributed by atoms with Gasteiger partial charge in [0.1, 0.15) is 11.6 Å². The van der Waals surface area contributed by atoms with Crippen LogP contribution in [0.3, 0.4) is 0 Å². The fourth-order valence-corrected chi connectivity index (χ4v) is 3.31. The zero-order valence-electron chi connectivity index (χ0n) is 11.3. The molecule has 4 heteroatoms. The molecule has 2 aromatic carbocycles. The number of aromatic hydroxyl groups is 1. The Hall–Kier alpha value is -1.94. The summed E-state index contributed by atoms with van der Waals surface area (Å²) in [5.41, 5.74) is 0. The summed E-state index contributed by atoms with van der Waals surface area (Å²) in [6.45, 7) is 3.05. The lowest BCUT2D eigenvalue weighted by Crippen LogP contribution is -1.98. The van der Waals surface area contributed by atoms with Crippen molar-refractivity contribution in [3.63, 3.8) is 0 Å². The topological polar surface area (TPSA) is 38.0 Å². The van der Waals surface area contributed by atoms with Crippen LogP contribution in [-0.4, -0.2) is 14.7 Å². The summed E-state index contributed by atoms with van der Waals surface area (Å²) in [5, 5.41) is 11.9. The SMILES string of the molecule is CCn1ccnc1CSc1ccc(O)c2ccccc12. The Morgan fingerprint density at radius 1 is 1.15 bits per heavy atom. The number of thioether (sulfide) groups is 1. The number of nitrogens with zero attached hydrogens (tertiary/aromatic N) is 2. The first-order chi connectivity index (χ1) is 9.79. The number of aromatic nitrogens is 2. The van der Waals surface area contributed by atoms with Gasteiger partial charge in [-0.2, -0.15) is 0 Å². The molecule has 0 radical (unpaired) electrons. The molecule has 0 spiro atoms. The second kappa shape index (κ2) is 5.59. The number of phenols is 1. The molecule has 0 aliphatic heterocycles. The van der Waals surface area contributed by atoms with Gasteiger partial charge in [-0.25, -0.2) is 4.98 Å². The first-order valence-corrected chi connectivity index (χ1v) is 7.61. The van der Waals surface area contributed by atoms with Crippen LogP contribution in [0.5, 0.6) is 5.75 Å². The minimum absolute atomic E-state index is 0.333. The molecule has 0 fully saturated rings. The van der Waals surface area contributed by atoms with Gasteiger partial charge in [-0.3, -0.25) is 0 Å². The molecule has 1 aromatic heterocycles. The quantitative estimate of drug-likeness (QED) is 0.734. The Balaban J connectivity index is 1.90. The lowest BCUT2D eigenvalue weighted by molar-refractivity contribution is 0.481. The van der Waals surface area contributed by atoms with Crippen molar-refractivity contribution in [3.05, 3.63) is 54.6 Å². The zero-order valence-corrected chi connectivity index (χ0v) is 12.1. The molecule has 1 N–H and O–H groups in total. The van der Waals surface area contributed by atoms with Crippen LogP contribution in [0.15, 0.2) is 53.7 Å². The number of imidazole rings is 1. The summed E-state index contributed by atoms with van der Waals surface area (Å²) in [6, 6.07) is 11.7. The highest BCUT2D eigenvalue weighted by Gasteiger charge is 2.07. The highest BCUT2D eigenvalue weighted by molar-refractivity contribution is 7.98. The third-order valence-corrected chi connectivity index (χ3v) is 4.43. The van der Waals surface area contributed by atoms with Crippen LogP contribution in [0.4, 0.5) is 0 Å². The molecule has 3 rings (SSSR count). The highest BCUT2D eigenvalue weighted by Crippen LogP contribution is 2.34. The van der Waals surface area contributed by atoms with Crippen LogP contribution in [0, 0.1) is 0 Å². The third-order valence-electron chi connectivity index (χ3n) is 3.36. The van der Waals surface area contributed by atoms with Gasteiger partial charge < -0.3 is 9.67 Å². The fraction of sp³-hybridized carbons (Fsp3) is 0.188. The van der Waals surface area contributed by atoms with Gasteiger partial charge in [0, 0.05) is 29.2 Å². The number of hydrogen-bond donors (Lipinski definition) is 1. The minimum Gasteiger partial charge on any atom is -0.507 e. The first-order valence-electron chi connectivity index (χ1n) is 6.63. The first kappa shape index (κ1) is 13.1. The Labute approximate surface area is 122 Å². The molecule has 0 unspecified atom stereocenters. The van der Waals surface area contributed by atoms with E-state index in [1.165, 1.54) is 4.90 Å². The van der Waals surface area contributed by atoms with Gasteiger partial charge in [-0.1, -0.05) is 24.3 Å². The summed E-state index contributed by atoms with van der Waals surface area (Å²) in [7, 11) is 0. The maximum Gasteiger partial charge on any atom is 0.123 e. The largest absolute Gasteiger partial charge is 0.507 e. The third kappa shape index (κ3) is 2.39. The molecule has 0 saturated carbocycles. The molecular weight excluding hydrogens is 268 g/mol. The maximum atomic E-state index is 9.90. The van der Waals surface area contributed by atoms with Gasteiger partial charge in [0.2, 0.25) is 0 Å². The fourth-order valence-electron chi connectivity index (χ4n) is 2.29. The molecule has 102 valence electrons. The Morgan fingerprint density at radius 3 is 2.75 bits per heavy atom. The van der Waals surface area contributed by atoms with E-state index in [4.69, 9.17) is 0 Å². The Kier molecular flexibility index (Phi) is 3.65. The van der Waals surface area contributed by atoms with Crippen LogP contribution >= 0.6 is 11.8 Å². The lowest BCUT2D eigenvalue weighted by atomic mass is 10.1. The monoisotopic (exact) mass is 284 g/mol. The van der Waals surface area contributed by atoms with Gasteiger partial charge in [-0.15, -0.1) is 11.8 Å². The molecule has 3 nitrogen and oxygen atoms in total. The van der Waals surface area contributed by atoms with Crippen molar-refractivity contribution < 1.29 is 5.11 Å². The van der Waals surface area contributed by atoms with Gasteiger partial charge in [-0.05, 0) is 24.4 Å². The molecule has 1 heterocycles. The summed E-state index contributed by atoms with van der Waals surface area (Å²) >= 11 is 1.75. The van der Waals surface area contributed by atoms with Crippen LogP contribution in [0.1, 0.15) is 12.7 Å². The van der Waals surface area contributed by atoms with Crippen molar-refractivity contribution in [1.82, 2.24) is 9.55 Å². The summed E-state index contributed by atoms with van der Waals surface area (Å²) in [5.74, 6) is 2.24. The van der Waals surface area contributed by atoms with E-state index in [1.807, 2.05) is 42.7 Å². The standard InChI is InChI=1S/C16H16N2OS/c1-2-18-10-9-17-16(18)11-20-15-8-7-14(19)12-5-3-4-6-13(12)15/h3-10,19H,2,11H2,1H3. The van der Waals surface area contributed by atoms with E-state index in [1.54, 1.807) is 17.8 Å². The number of benzene rings is 2. The average molecular weight is 284 g/mol. The number of fused-ring (bicyclic) bond motifs is 1. The van der Waals surface area contributed by atoms with E-state index in [0.29, 0.717) is 5.75 Å². The van der Waals surface area contributed by atoms with Gasteiger partial charge in [0.25, 0.3) is 0 Å². The van der Waals surface area contributed by atoms with E-state index in [2.05, 4.69) is 16.5 Å². The zero-order chi connectivity index (χ0) is 13.9. The van der Waals surface area contributed by atoms with Crippen molar-refractivity contribution in [3.8, 4) is 5.75 Å². The molecule has 0 bridgehead atoms. The molecule has 20 heavy (non-hydrogen) atoms. The van der Waals surface area contributed by atoms with E-state index < -0.39 is 0 Å². The van der Waals surface area contributed by atoms with Crippen LogP contribution in [0.25, 0.3) is 10.8 Å². The molecular formula is C16H16N2OS. The highest BCUT2D eigenvalue weighted by atomic mass is 32.2. The molecule has 0 atom stereocenters. The predicted molar refractivity (Wildman–Crippen MR) is 83.1 cm³/mol. The molecule has 0 saturated heterocycles. The number of phenolic OH excluding ortho intramolecular Hbond substituents is 1. The maximum absolute atomic E-state index is 9.90. The molecule has 3 aromatic rings.